The van der Waals surface area contributed by atoms with E-state index in [0.29, 0.717) is 0 Å². The first-order valence-corrected chi connectivity index (χ1v) is 17.6. The maximum Gasteiger partial charge on any atom is 0.0540 e. The SMILES string of the molecule is c1ccc(-c2ccc(N(c3cccc(-c4ccc5ccccc5c4)c3)c3cccc4c3ccc3ccc5ccc6ccccc6c5c34)cc2)cc1. The van der Waals surface area contributed by atoms with E-state index in [1.54, 1.807) is 0 Å². The molecule has 0 amide bonds. The molecule has 0 aliphatic heterocycles. The summed E-state index contributed by atoms with van der Waals surface area (Å²) in [7, 11) is 0. The minimum absolute atomic E-state index is 1.11. The molecule has 0 fully saturated rings. The predicted molar refractivity (Wildman–Crippen MR) is 220 cm³/mol. The Labute approximate surface area is 297 Å². The van der Waals surface area contributed by atoms with E-state index in [9.17, 15) is 0 Å². The van der Waals surface area contributed by atoms with E-state index in [0.717, 1.165) is 17.1 Å². The van der Waals surface area contributed by atoms with Crippen LogP contribution in [-0.2, 0) is 0 Å². The van der Waals surface area contributed by atoms with Gasteiger partial charge in [-0.25, -0.2) is 0 Å². The van der Waals surface area contributed by atoms with Gasteiger partial charge in [0.1, 0.15) is 0 Å². The van der Waals surface area contributed by atoms with E-state index in [2.05, 4.69) is 205 Å². The van der Waals surface area contributed by atoms with Gasteiger partial charge < -0.3 is 4.90 Å². The highest BCUT2D eigenvalue weighted by molar-refractivity contribution is 6.28. The number of rotatable bonds is 5. The molecule has 0 unspecified atom stereocenters. The van der Waals surface area contributed by atoms with Crippen molar-refractivity contribution in [1.82, 2.24) is 0 Å². The lowest BCUT2D eigenvalue weighted by atomic mass is 9.92. The molecular formula is C50H33N. The summed E-state index contributed by atoms with van der Waals surface area (Å²) >= 11 is 0. The summed E-state index contributed by atoms with van der Waals surface area (Å²) in [6.45, 7) is 0. The predicted octanol–water partition coefficient (Wildman–Crippen LogP) is 14.3. The maximum absolute atomic E-state index is 2.43. The summed E-state index contributed by atoms with van der Waals surface area (Å²) in [5.74, 6) is 0. The minimum atomic E-state index is 1.11. The first kappa shape index (κ1) is 29.2. The van der Waals surface area contributed by atoms with E-state index in [1.165, 1.54) is 76.1 Å². The number of nitrogens with zero attached hydrogens (tertiary/aromatic N) is 1. The van der Waals surface area contributed by atoms with Gasteiger partial charge in [-0.1, -0.05) is 164 Å². The fourth-order valence-electron chi connectivity index (χ4n) is 7.91. The van der Waals surface area contributed by atoms with Crippen molar-refractivity contribution in [2.24, 2.45) is 0 Å². The zero-order valence-corrected chi connectivity index (χ0v) is 28.0. The Morgan fingerprint density at radius 2 is 0.804 bits per heavy atom. The van der Waals surface area contributed by atoms with E-state index >= 15 is 0 Å². The van der Waals surface area contributed by atoms with Crippen molar-refractivity contribution in [2.45, 2.75) is 0 Å². The van der Waals surface area contributed by atoms with Crippen LogP contribution in [0.25, 0.3) is 76.1 Å². The maximum atomic E-state index is 2.43. The molecule has 0 N–H and O–H groups in total. The molecule has 0 bridgehead atoms. The van der Waals surface area contributed by atoms with Crippen molar-refractivity contribution in [2.75, 3.05) is 4.90 Å². The van der Waals surface area contributed by atoms with Crippen LogP contribution in [0.5, 0.6) is 0 Å². The molecule has 0 aliphatic rings. The normalized spacial score (nSPS) is 11.5. The molecular weight excluding hydrogens is 615 g/mol. The van der Waals surface area contributed by atoms with Crippen molar-refractivity contribution >= 4 is 70.9 Å². The molecule has 51 heavy (non-hydrogen) atoms. The van der Waals surface area contributed by atoms with Gasteiger partial charge >= 0.3 is 0 Å². The van der Waals surface area contributed by atoms with Gasteiger partial charge in [-0.2, -0.15) is 0 Å². The van der Waals surface area contributed by atoms with Crippen LogP contribution in [0.2, 0.25) is 0 Å². The van der Waals surface area contributed by atoms with E-state index < -0.39 is 0 Å². The molecule has 10 aromatic rings. The second-order valence-corrected chi connectivity index (χ2v) is 13.3. The van der Waals surface area contributed by atoms with Crippen LogP contribution in [0.1, 0.15) is 0 Å². The van der Waals surface area contributed by atoms with Gasteiger partial charge in [0.2, 0.25) is 0 Å². The molecule has 0 saturated heterocycles. The Balaban J connectivity index is 1.21. The summed E-state index contributed by atoms with van der Waals surface area (Å²) in [5, 5.41) is 12.6. The summed E-state index contributed by atoms with van der Waals surface area (Å²) in [6, 6.07) is 73.1. The molecule has 10 rings (SSSR count). The van der Waals surface area contributed by atoms with Gasteiger partial charge in [0, 0.05) is 16.8 Å². The molecule has 0 atom stereocenters. The number of benzene rings is 10. The molecule has 0 aliphatic carbocycles. The number of anilines is 3. The minimum Gasteiger partial charge on any atom is -0.310 e. The molecule has 0 heterocycles. The van der Waals surface area contributed by atoms with Crippen LogP contribution >= 0.6 is 0 Å². The zero-order valence-electron chi connectivity index (χ0n) is 28.0. The Hall–Kier alpha value is -6.70. The average molecular weight is 648 g/mol. The van der Waals surface area contributed by atoms with Gasteiger partial charge in [-0.3, -0.25) is 0 Å². The van der Waals surface area contributed by atoms with Crippen LogP contribution in [0.15, 0.2) is 200 Å². The topological polar surface area (TPSA) is 3.24 Å². The van der Waals surface area contributed by atoms with Gasteiger partial charge in [-0.15, -0.1) is 0 Å². The van der Waals surface area contributed by atoms with Crippen LogP contribution in [0.4, 0.5) is 17.1 Å². The fourth-order valence-corrected chi connectivity index (χ4v) is 7.91. The Kier molecular flexibility index (Phi) is 6.89. The van der Waals surface area contributed by atoms with Gasteiger partial charge in [0.05, 0.1) is 5.69 Å². The third-order valence-corrected chi connectivity index (χ3v) is 10.4. The Morgan fingerprint density at radius 3 is 1.63 bits per heavy atom. The van der Waals surface area contributed by atoms with Crippen molar-refractivity contribution in [3.63, 3.8) is 0 Å². The number of hydrogen-bond acceptors (Lipinski definition) is 1. The van der Waals surface area contributed by atoms with E-state index in [4.69, 9.17) is 0 Å². The summed E-state index contributed by atoms with van der Waals surface area (Å²) < 4.78 is 0. The highest BCUT2D eigenvalue weighted by Gasteiger charge is 2.18. The standard InChI is InChI=1S/C50H33N/c1-2-10-34(11-3-1)36-26-29-43(30-27-36)51(44-16-8-15-41(33-44)42-25-20-35-12-4-5-14-40(35)32-42)48-19-9-18-47-46(48)31-28-39-24-23-38-22-21-37-13-6-7-17-45(37)49(38)50(39)47/h1-33H. The van der Waals surface area contributed by atoms with Crippen LogP contribution < -0.4 is 4.90 Å². The monoisotopic (exact) mass is 647 g/mol. The quantitative estimate of drug-likeness (QED) is 0.168. The van der Waals surface area contributed by atoms with Crippen molar-refractivity contribution in [3.8, 4) is 22.3 Å². The smallest absolute Gasteiger partial charge is 0.0540 e. The second-order valence-electron chi connectivity index (χ2n) is 13.3. The van der Waals surface area contributed by atoms with Gasteiger partial charge in [0.15, 0.2) is 0 Å². The number of fused-ring (bicyclic) bond motifs is 8. The Morgan fingerprint density at radius 1 is 0.255 bits per heavy atom. The molecule has 0 radical (unpaired) electrons. The van der Waals surface area contributed by atoms with Crippen LogP contribution in [0.3, 0.4) is 0 Å². The second kappa shape index (κ2) is 12.0. The molecule has 0 aromatic heterocycles. The molecule has 0 spiro atoms. The Bertz CT molecular complexity index is 2900. The highest BCUT2D eigenvalue weighted by Crippen LogP contribution is 2.44. The summed E-state index contributed by atoms with van der Waals surface area (Å²) in [4.78, 5) is 2.43. The van der Waals surface area contributed by atoms with Gasteiger partial charge in [0.25, 0.3) is 0 Å². The molecule has 1 heteroatoms. The molecule has 1 nitrogen and oxygen atoms in total. The van der Waals surface area contributed by atoms with E-state index in [1.807, 2.05) is 0 Å². The highest BCUT2D eigenvalue weighted by atomic mass is 15.1. The van der Waals surface area contributed by atoms with Crippen molar-refractivity contribution < 1.29 is 0 Å². The molecule has 10 aromatic carbocycles. The van der Waals surface area contributed by atoms with E-state index in [-0.39, 0.29) is 0 Å². The van der Waals surface area contributed by atoms with Crippen molar-refractivity contribution in [1.29, 1.82) is 0 Å². The summed E-state index contributed by atoms with van der Waals surface area (Å²) in [6.07, 6.45) is 0. The zero-order chi connectivity index (χ0) is 33.7. The lowest BCUT2D eigenvalue weighted by Crippen LogP contribution is -2.10. The number of hydrogen-bond donors (Lipinski definition) is 0. The fraction of sp³-hybridized carbons (Fsp3) is 0. The lowest BCUT2D eigenvalue weighted by molar-refractivity contribution is 1.30. The van der Waals surface area contributed by atoms with Gasteiger partial charge in [-0.05, 0) is 107 Å². The average Bonchev–Trinajstić information content (AvgIpc) is 3.21. The molecule has 238 valence electrons. The van der Waals surface area contributed by atoms with Crippen LogP contribution in [-0.4, -0.2) is 0 Å². The van der Waals surface area contributed by atoms with Crippen LogP contribution in [0, 0.1) is 0 Å². The third-order valence-electron chi connectivity index (χ3n) is 10.4. The first-order chi connectivity index (χ1) is 25.3. The summed E-state index contributed by atoms with van der Waals surface area (Å²) in [5.41, 5.74) is 8.18. The largest absolute Gasteiger partial charge is 0.310 e. The first-order valence-electron chi connectivity index (χ1n) is 17.6. The molecule has 0 saturated carbocycles. The third kappa shape index (κ3) is 5.02. The van der Waals surface area contributed by atoms with Crippen molar-refractivity contribution in [3.05, 3.63) is 200 Å². The lowest BCUT2D eigenvalue weighted by Gasteiger charge is -2.28.